The van der Waals surface area contributed by atoms with Crippen molar-refractivity contribution in [1.29, 1.82) is 0 Å². The number of fused-ring (bicyclic) bond motifs is 3. The Morgan fingerprint density at radius 1 is 1.03 bits per heavy atom. The van der Waals surface area contributed by atoms with Crippen LogP contribution in [0.25, 0.3) is 0 Å². The first-order valence-electron chi connectivity index (χ1n) is 10.6. The van der Waals surface area contributed by atoms with E-state index >= 15 is 0 Å². The fraction of sp³-hybridized carbons (Fsp3) is 0.500. The highest BCUT2D eigenvalue weighted by molar-refractivity contribution is 5.46. The van der Waals surface area contributed by atoms with Crippen molar-refractivity contribution in [2.75, 3.05) is 13.3 Å². The number of rotatable bonds is 4. The van der Waals surface area contributed by atoms with Crippen LogP contribution in [0.1, 0.15) is 54.0 Å². The summed E-state index contributed by atoms with van der Waals surface area (Å²) in [7, 11) is 0. The molecule has 2 aromatic carbocycles. The van der Waals surface area contributed by atoms with Gasteiger partial charge in [-0.1, -0.05) is 29.8 Å². The van der Waals surface area contributed by atoms with Crippen molar-refractivity contribution in [2.24, 2.45) is 0 Å². The highest BCUT2D eigenvalue weighted by atomic mass is 16.7. The first kappa shape index (κ1) is 18.9. The molecular weight excluding hydrogens is 366 g/mol. The summed E-state index contributed by atoms with van der Waals surface area (Å²) < 4.78 is 10.9. The van der Waals surface area contributed by atoms with Crippen LogP contribution in [-0.2, 0) is 5.60 Å². The number of hydrogen-bond acceptors (Lipinski definition) is 5. The topological polar surface area (TPSA) is 62.2 Å². The van der Waals surface area contributed by atoms with Gasteiger partial charge >= 0.3 is 0 Å². The Kier molecular flexibility index (Phi) is 4.57. The number of piperidine rings is 1. The molecular formula is C24H29NO4. The molecule has 5 nitrogen and oxygen atoms in total. The summed E-state index contributed by atoms with van der Waals surface area (Å²) in [5.41, 5.74) is 3.37. The molecule has 3 aliphatic rings. The summed E-state index contributed by atoms with van der Waals surface area (Å²) >= 11 is 0. The Labute approximate surface area is 171 Å². The average molecular weight is 395 g/mol. The largest absolute Gasteiger partial charge is 0.454 e. The monoisotopic (exact) mass is 395 g/mol. The molecule has 0 spiro atoms. The van der Waals surface area contributed by atoms with E-state index in [0.717, 1.165) is 41.0 Å². The van der Waals surface area contributed by atoms with Gasteiger partial charge in [0.25, 0.3) is 0 Å². The third kappa shape index (κ3) is 3.31. The van der Waals surface area contributed by atoms with Crippen LogP contribution in [0.5, 0.6) is 11.5 Å². The van der Waals surface area contributed by atoms with Crippen LogP contribution < -0.4 is 9.47 Å². The minimum Gasteiger partial charge on any atom is -0.454 e. The molecule has 3 unspecified atom stereocenters. The fourth-order valence-electron chi connectivity index (χ4n) is 5.45. The Balaban J connectivity index is 1.34. The van der Waals surface area contributed by atoms with Crippen LogP contribution in [-0.4, -0.2) is 40.5 Å². The summed E-state index contributed by atoms with van der Waals surface area (Å²) in [5, 5.41) is 22.5. The van der Waals surface area contributed by atoms with Gasteiger partial charge in [0.05, 0.1) is 11.7 Å². The first-order valence-corrected chi connectivity index (χ1v) is 10.6. The molecule has 2 fully saturated rings. The van der Waals surface area contributed by atoms with E-state index in [1.165, 1.54) is 5.56 Å². The van der Waals surface area contributed by atoms with E-state index in [0.29, 0.717) is 19.4 Å². The molecule has 0 saturated carbocycles. The second-order valence-corrected chi connectivity index (χ2v) is 8.97. The zero-order valence-corrected chi connectivity index (χ0v) is 17.1. The molecule has 0 radical (unpaired) electrons. The maximum atomic E-state index is 11.5. The lowest BCUT2D eigenvalue weighted by molar-refractivity contribution is -0.0667. The second-order valence-electron chi connectivity index (χ2n) is 8.97. The number of hydrogen-bond donors (Lipinski definition) is 2. The van der Waals surface area contributed by atoms with Crippen molar-refractivity contribution in [3.05, 3.63) is 58.7 Å². The van der Waals surface area contributed by atoms with E-state index in [4.69, 9.17) is 9.47 Å². The van der Waals surface area contributed by atoms with Gasteiger partial charge in [0, 0.05) is 18.6 Å². The highest BCUT2D eigenvalue weighted by Crippen LogP contribution is 2.48. The van der Waals surface area contributed by atoms with Crippen molar-refractivity contribution >= 4 is 0 Å². The summed E-state index contributed by atoms with van der Waals surface area (Å²) in [6.07, 6.45) is 2.99. The van der Waals surface area contributed by atoms with E-state index in [2.05, 4.69) is 36.9 Å². The molecule has 2 saturated heterocycles. The van der Waals surface area contributed by atoms with Crippen molar-refractivity contribution < 1.29 is 19.7 Å². The standard InChI is InChI=1S/C24H29NO4/c1-15-3-4-16(2)20(9-15)21(26)13-25-18-6-7-19(25)12-24(27,11-18)17-5-8-22-23(10-17)29-14-28-22/h3-5,8-10,18-19,21,26-27H,6-7,11-14H2,1-2H3. The summed E-state index contributed by atoms with van der Waals surface area (Å²) in [5.74, 6) is 1.46. The lowest BCUT2D eigenvalue weighted by atomic mass is 9.80. The quantitative estimate of drug-likeness (QED) is 0.829. The Morgan fingerprint density at radius 3 is 2.52 bits per heavy atom. The predicted molar refractivity (Wildman–Crippen MR) is 110 cm³/mol. The van der Waals surface area contributed by atoms with Gasteiger partial charge < -0.3 is 19.7 Å². The lowest BCUT2D eigenvalue weighted by Gasteiger charge is -2.44. The van der Waals surface area contributed by atoms with Crippen LogP contribution >= 0.6 is 0 Å². The maximum Gasteiger partial charge on any atom is 0.231 e. The van der Waals surface area contributed by atoms with E-state index < -0.39 is 11.7 Å². The minimum atomic E-state index is -0.854. The smallest absolute Gasteiger partial charge is 0.231 e. The van der Waals surface area contributed by atoms with Gasteiger partial charge in [0.2, 0.25) is 6.79 Å². The molecule has 154 valence electrons. The fourth-order valence-corrected chi connectivity index (χ4v) is 5.45. The third-order valence-corrected chi connectivity index (χ3v) is 7.01. The number of aliphatic hydroxyl groups is 2. The number of aliphatic hydroxyl groups excluding tert-OH is 1. The molecule has 2 aromatic rings. The Morgan fingerprint density at radius 2 is 1.76 bits per heavy atom. The molecule has 29 heavy (non-hydrogen) atoms. The van der Waals surface area contributed by atoms with Gasteiger partial charge in [-0.3, -0.25) is 4.90 Å². The molecule has 5 rings (SSSR count). The average Bonchev–Trinajstić information content (AvgIpc) is 3.26. The van der Waals surface area contributed by atoms with Crippen LogP contribution in [0.4, 0.5) is 0 Å². The molecule has 0 aromatic heterocycles. The molecule has 2 bridgehead atoms. The normalized spacial score (nSPS) is 29.2. The van der Waals surface area contributed by atoms with Gasteiger partial charge in [-0.05, 0) is 68.4 Å². The van der Waals surface area contributed by atoms with Gasteiger partial charge in [-0.15, -0.1) is 0 Å². The second kappa shape index (κ2) is 7.01. The molecule has 0 aliphatic carbocycles. The van der Waals surface area contributed by atoms with Crippen LogP contribution in [0.3, 0.4) is 0 Å². The van der Waals surface area contributed by atoms with Crippen molar-refractivity contribution in [1.82, 2.24) is 4.90 Å². The minimum absolute atomic E-state index is 0.243. The molecule has 2 N–H and O–H groups in total. The number of nitrogens with zero attached hydrogens (tertiary/aromatic N) is 1. The summed E-state index contributed by atoms with van der Waals surface area (Å²) in [6, 6.07) is 12.6. The van der Waals surface area contributed by atoms with E-state index in [1.807, 2.05) is 18.2 Å². The molecule has 3 atom stereocenters. The predicted octanol–water partition coefficient (Wildman–Crippen LogP) is 3.58. The van der Waals surface area contributed by atoms with Gasteiger partial charge in [-0.25, -0.2) is 0 Å². The first-order chi connectivity index (χ1) is 13.9. The Hall–Kier alpha value is -2.08. The van der Waals surface area contributed by atoms with E-state index in [1.54, 1.807) is 0 Å². The number of aryl methyl sites for hydroxylation is 2. The van der Waals surface area contributed by atoms with Crippen molar-refractivity contribution in [2.45, 2.75) is 63.3 Å². The van der Waals surface area contributed by atoms with Crippen LogP contribution in [0, 0.1) is 13.8 Å². The third-order valence-electron chi connectivity index (χ3n) is 7.01. The number of benzene rings is 2. The molecule has 5 heteroatoms. The van der Waals surface area contributed by atoms with Gasteiger partial charge in [0.15, 0.2) is 11.5 Å². The lowest BCUT2D eigenvalue weighted by Crippen LogP contribution is -2.50. The maximum absolute atomic E-state index is 11.5. The van der Waals surface area contributed by atoms with Gasteiger partial charge in [-0.2, -0.15) is 0 Å². The van der Waals surface area contributed by atoms with E-state index in [-0.39, 0.29) is 18.9 Å². The molecule has 0 amide bonds. The zero-order valence-electron chi connectivity index (χ0n) is 17.1. The van der Waals surface area contributed by atoms with Crippen molar-refractivity contribution in [3.8, 4) is 11.5 Å². The zero-order chi connectivity index (χ0) is 20.2. The SMILES string of the molecule is Cc1ccc(C)c(C(O)CN2C3CCC2CC(O)(c2ccc4c(c2)OCO4)C3)c1. The van der Waals surface area contributed by atoms with E-state index in [9.17, 15) is 10.2 Å². The molecule has 3 aliphatic heterocycles. The summed E-state index contributed by atoms with van der Waals surface area (Å²) in [4.78, 5) is 2.42. The Bertz CT molecular complexity index is 913. The number of ether oxygens (including phenoxy) is 2. The highest BCUT2D eigenvalue weighted by Gasteiger charge is 2.48. The van der Waals surface area contributed by atoms with Crippen LogP contribution in [0.2, 0.25) is 0 Å². The van der Waals surface area contributed by atoms with Crippen LogP contribution in [0.15, 0.2) is 36.4 Å². The molecule has 3 heterocycles. The van der Waals surface area contributed by atoms with Gasteiger partial charge in [0.1, 0.15) is 0 Å². The summed E-state index contributed by atoms with van der Waals surface area (Å²) in [6.45, 7) is 4.98. The van der Waals surface area contributed by atoms with Crippen molar-refractivity contribution in [3.63, 3.8) is 0 Å².